The fraction of sp³-hybridized carbons (Fsp3) is 0.500. The van der Waals surface area contributed by atoms with Crippen LogP contribution in [0.4, 0.5) is 4.39 Å². The van der Waals surface area contributed by atoms with E-state index in [-0.39, 0.29) is 5.75 Å². The molecule has 1 aromatic rings. The van der Waals surface area contributed by atoms with E-state index < -0.39 is 5.82 Å². The Kier molecular flexibility index (Phi) is 3.41. The van der Waals surface area contributed by atoms with Crippen LogP contribution in [0.15, 0.2) is 18.2 Å². The number of nitrogens with zero attached hydrogens (tertiary/aromatic N) is 1. The summed E-state index contributed by atoms with van der Waals surface area (Å²) in [5.41, 5.74) is 6.48. The maximum atomic E-state index is 13.1. The van der Waals surface area contributed by atoms with E-state index in [0.29, 0.717) is 19.1 Å². The molecule has 0 aliphatic carbocycles. The minimum Gasteiger partial charge on any atom is -0.508 e. The fourth-order valence-corrected chi connectivity index (χ4v) is 2.33. The number of hydrogen-bond acceptors (Lipinski definition) is 3. The standard InChI is InChI=1S/C12H17FN2O/c13-10-4-9(5-12(16)6-10)8-15-3-1-2-11(15)7-14/h4-6,11,16H,1-3,7-8,14H2. The molecular weight excluding hydrogens is 207 g/mol. The van der Waals surface area contributed by atoms with Gasteiger partial charge in [0.25, 0.3) is 0 Å². The van der Waals surface area contributed by atoms with Crippen LogP contribution < -0.4 is 5.73 Å². The molecule has 0 aromatic heterocycles. The molecular formula is C12H17FN2O. The van der Waals surface area contributed by atoms with Gasteiger partial charge in [-0.05, 0) is 37.1 Å². The molecule has 0 bridgehead atoms. The minimum absolute atomic E-state index is 0.0153. The Bertz CT molecular complexity index is 350. The lowest BCUT2D eigenvalue weighted by molar-refractivity contribution is 0.249. The van der Waals surface area contributed by atoms with E-state index in [1.54, 1.807) is 6.07 Å². The van der Waals surface area contributed by atoms with Crippen LogP contribution in [0.2, 0.25) is 0 Å². The maximum absolute atomic E-state index is 13.1. The largest absolute Gasteiger partial charge is 0.508 e. The van der Waals surface area contributed by atoms with Gasteiger partial charge in [-0.15, -0.1) is 0 Å². The summed E-state index contributed by atoms with van der Waals surface area (Å²) < 4.78 is 13.1. The number of phenols is 1. The zero-order chi connectivity index (χ0) is 11.5. The minimum atomic E-state index is -0.390. The second kappa shape index (κ2) is 4.80. The maximum Gasteiger partial charge on any atom is 0.127 e. The second-order valence-corrected chi connectivity index (χ2v) is 4.32. The highest BCUT2D eigenvalue weighted by Crippen LogP contribution is 2.21. The predicted octanol–water partition coefficient (Wildman–Crippen LogP) is 1.45. The molecule has 4 heteroatoms. The lowest BCUT2D eigenvalue weighted by atomic mass is 10.1. The molecule has 0 spiro atoms. The molecule has 1 heterocycles. The molecule has 3 nitrogen and oxygen atoms in total. The Labute approximate surface area is 94.7 Å². The van der Waals surface area contributed by atoms with Crippen LogP contribution in [0.1, 0.15) is 18.4 Å². The highest BCUT2D eigenvalue weighted by Gasteiger charge is 2.23. The van der Waals surface area contributed by atoms with Crippen molar-refractivity contribution in [3.63, 3.8) is 0 Å². The summed E-state index contributed by atoms with van der Waals surface area (Å²) in [6.45, 7) is 2.30. The van der Waals surface area contributed by atoms with Crippen molar-refractivity contribution in [2.24, 2.45) is 5.73 Å². The van der Waals surface area contributed by atoms with Crippen molar-refractivity contribution in [1.29, 1.82) is 0 Å². The van der Waals surface area contributed by atoms with E-state index in [9.17, 15) is 9.50 Å². The van der Waals surface area contributed by atoms with Gasteiger partial charge in [0.2, 0.25) is 0 Å². The average molecular weight is 224 g/mol. The van der Waals surface area contributed by atoms with Gasteiger partial charge in [0.1, 0.15) is 11.6 Å². The highest BCUT2D eigenvalue weighted by atomic mass is 19.1. The average Bonchev–Trinajstić information content (AvgIpc) is 2.63. The van der Waals surface area contributed by atoms with Crippen molar-refractivity contribution < 1.29 is 9.50 Å². The van der Waals surface area contributed by atoms with E-state index in [1.807, 2.05) is 0 Å². The van der Waals surface area contributed by atoms with Crippen molar-refractivity contribution in [3.05, 3.63) is 29.6 Å². The van der Waals surface area contributed by atoms with Gasteiger partial charge in [0.15, 0.2) is 0 Å². The Morgan fingerprint density at radius 2 is 2.25 bits per heavy atom. The molecule has 16 heavy (non-hydrogen) atoms. The molecule has 1 aliphatic heterocycles. The first-order valence-electron chi connectivity index (χ1n) is 5.61. The van der Waals surface area contributed by atoms with Crippen molar-refractivity contribution in [2.75, 3.05) is 13.1 Å². The summed E-state index contributed by atoms with van der Waals surface area (Å²) in [6, 6.07) is 4.58. The number of aromatic hydroxyl groups is 1. The zero-order valence-electron chi connectivity index (χ0n) is 9.19. The summed E-state index contributed by atoms with van der Waals surface area (Å²) >= 11 is 0. The van der Waals surface area contributed by atoms with Crippen LogP contribution >= 0.6 is 0 Å². The number of likely N-dealkylation sites (tertiary alicyclic amines) is 1. The second-order valence-electron chi connectivity index (χ2n) is 4.32. The summed E-state index contributed by atoms with van der Waals surface area (Å²) in [4.78, 5) is 2.24. The first-order chi connectivity index (χ1) is 7.69. The summed E-state index contributed by atoms with van der Waals surface area (Å²) in [5.74, 6) is -0.406. The molecule has 3 N–H and O–H groups in total. The van der Waals surface area contributed by atoms with Gasteiger partial charge in [0.05, 0.1) is 0 Å². The molecule has 1 atom stereocenters. The Hall–Kier alpha value is -1.13. The number of benzene rings is 1. The molecule has 2 rings (SSSR count). The van der Waals surface area contributed by atoms with E-state index in [2.05, 4.69) is 4.90 Å². The fourth-order valence-electron chi connectivity index (χ4n) is 2.33. The van der Waals surface area contributed by atoms with Gasteiger partial charge in [0, 0.05) is 25.2 Å². The molecule has 88 valence electrons. The molecule has 1 aromatic carbocycles. The molecule has 0 amide bonds. The number of halogens is 1. The third-order valence-corrected chi connectivity index (χ3v) is 3.10. The SMILES string of the molecule is NCC1CCCN1Cc1cc(O)cc(F)c1. The lowest BCUT2D eigenvalue weighted by Gasteiger charge is -2.23. The van der Waals surface area contributed by atoms with Gasteiger partial charge in [-0.25, -0.2) is 4.39 Å². The summed E-state index contributed by atoms with van der Waals surface area (Å²) in [7, 11) is 0. The van der Waals surface area contributed by atoms with Crippen LogP contribution in [0, 0.1) is 5.82 Å². The zero-order valence-corrected chi connectivity index (χ0v) is 9.19. The van der Waals surface area contributed by atoms with Gasteiger partial charge in [-0.2, -0.15) is 0 Å². The van der Waals surface area contributed by atoms with Crippen LogP contribution in [-0.4, -0.2) is 29.1 Å². The van der Waals surface area contributed by atoms with Gasteiger partial charge in [-0.1, -0.05) is 0 Å². The molecule has 0 radical (unpaired) electrons. The van der Waals surface area contributed by atoms with Crippen molar-refractivity contribution >= 4 is 0 Å². The van der Waals surface area contributed by atoms with Crippen LogP contribution in [0.3, 0.4) is 0 Å². The third-order valence-electron chi connectivity index (χ3n) is 3.10. The normalized spacial score (nSPS) is 21.5. The topological polar surface area (TPSA) is 49.5 Å². The highest BCUT2D eigenvalue weighted by molar-refractivity contribution is 5.28. The van der Waals surface area contributed by atoms with Crippen molar-refractivity contribution in [2.45, 2.75) is 25.4 Å². The number of hydrogen-bond donors (Lipinski definition) is 2. The molecule has 1 aliphatic rings. The van der Waals surface area contributed by atoms with E-state index in [4.69, 9.17) is 5.73 Å². The Morgan fingerprint density at radius 1 is 1.44 bits per heavy atom. The van der Waals surface area contributed by atoms with E-state index >= 15 is 0 Å². The van der Waals surface area contributed by atoms with Gasteiger partial charge in [-0.3, -0.25) is 4.90 Å². The Balaban J connectivity index is 2.08. The molecule has 0 saturated carbocycles. The van der Waals surface area contributed by atoms with Gasteiger partial charge >= 0.3 is 0 Å². The van der Waals surface area contributed by atoms with E-state index in [1.165, 1.54) is 6.07 Å². The summed E-state index contributed by atoms with van der Waals surface area (Å²) in [6.07, 6.45) is 2.25. The predicted molar refractivity (Wildman–Crippen MR) is 60.6 cm³/mol. The quantitative estimate of drug-likeness (QED) is 0.817. The Morgan fingerprint density at radius 3 is 2.94 bits per heavy atom. The molecule has 1 unspecified atom stereocenters. The van der Waals surface area contributed by atoms with Crippen molar-refractivity contribution in [3.8, 4) is 5.75 Å². The number of nitrogens with two attached hydrogens (primary N) is 1. The smallest absolute Gasteiger partial charge is 0.127 e. The molecule has 1 saturated heterocycles. The van der Waals surface area contributed by atoms with E-state index in [0.717, 1.165) is 31.0 Å². The monoisotopic (exact) mass is 224 g/mol. The first kappa shape index (κ1) is 11.4. The van der Waals surface area contributed by atoms with Crippen molar-refractivity contribution in [1.82, 2.24) is 4.90 Å². The van der Waals surface area contributed by atoms with Gasteiger partial charge < -0.3 is 10.8 Å². The summed E-state index contributed by atoms with van der Waals surface area (Å²) in [5, 5.41) is 9.31. The van der Waals surface area contributed by atoms with Crippen LogP contribution in [-0.2, 0) is 6.54 Å². The van der Waals surface area contributed by atoms with Crippen LogP contribution in [0.5, 0.6) is 5.75 Å². The first-order valence-corrected chi connectivity index (χ1v) is 5.61. The third kappa shape index (κ3) is 2.51. The number of rotatable bonds is 3. The molecule has 1 fully saturated rings. The lowest BCUT2D eigenvalue weighted by Crippen LogP contribution is -2.34. The van der Waals surface area contributed by atoms with Crippen LogP contribution in [0.25, 0.3) is 0 Å². The number of phenolic OH excluding ortho intramolecular Hbond substituents is 1.